The van der Waals surface area contributed by atoms with Gasteiger partial charge in [0.15, 0.2) is 9.84 Å². The molecule has 6 heteroatoms. The quantitative estimate of drug-likeness (QED) is 0.604. The first-order valence-electron chi connectivity index (χ1n) is 5.85. The number of esters is 1. The van der Waals surface area contributed by atoms with Crippen molar-refractivity contribution in [3.05, 3.63) is 0 Å². The topological polar surface area (TPSA) is 63.7 Å². The van der Waals surface area contributed by atoms with Crippen LogP contribution >= 0.6 is 0 Å². The van der Waals surface area contributed by atoms with Crippen LogP contribution in [0.4, 0.5) is 0 Å². The third kappa shape index (κ3) is 7.33. The Bertz CT molecular complexity index is 324. The van der Waals surface area contributed by atoms with Crippen LogP contribution in [0.1, 0.15) is 27.2 Å². The smallest absolute Gasteiger partial charge is 0.320 e. The molecule has 0 heterocycles. The first kappa shape index (κ1) is 16.4. The normalized spacial score (nSPS) is 12.1. The third-order valence-corrected chi connectivity index (χ3v) is 4.69. The molecule has 0 N–H and O–H groups in total. The molecule has 0 aromatic rings. The number of carbonyl (C=O) groups excluding carboxylic acids is 1. The molecule has 0 aliphatic rings. The van der Waals surface area contributed by atoms with E-state index in [2.05, 4.69) is 0 Å². The van der Waals surface area contributed by atoms with Gasteiger partial charge in [-0.1, -0.05) is 0 Å². The minimum absolute atomic E-state index is 0.165. The Morgan fingerprint density at radius 1 is 1.35 bits per heavy atom. The Morgan fingerprint density at radius 2 is 1.94 bits per heavy atom. The molecule has 0 aliphatic heterocycles. The van der Waals surface area contributed by atoms with Crippen LogP contribution in [0.5, 0.6) is 0 Å². The van der Waals surface area contributed by atoms with Crippen LogP contribution in [-0.2, 0) is 19.4 Å². The number of sulfone groups is 1. The molecule has 0 amide bonds. The van der Waals surface area contributed by atoms with E-state index < -0.39 is 9.84 Å². The second-order valence-corrected chi connectivity index (χ2v) is 6.99. The minimum atomic E-state index is -2.98. The van der Waals surface area contributed by atoms with Crippen LogP contribution in [0.2, 0.25) is 0 Å². The highest BCUT2D eigenvalue weighted by Gasteiger charge is 2.16. The Kier molecular flexibility index (Phi) is 7.38. The van der Waals surface area contributed by atoms with Crippen LogP contribution in [0.25, 0.3) is 0 Å². The van der Waals surface area contributed by atoms with E-state index in [9.17, 15) is 13.2 Å². The van der Waals surface area contributed by atoms with Crippen LogP contribution < -0.4 is 0 Å². The van der Waals surface area contributed by atoms with Crippen molar-refractivity contribution >= 4 is 15.8 Å². The molecule has 0 aromatic carbocycles. The molecule has 0 fully saturated rings. The molecule has 0 atom stereocenters. The van der Waals surface area contributed by atoms with Gasteiger partial charge in [-0.3, -0.25) is 9.69 Å². The molecule has 102 valence electrons. The largest absolute Gasteiger partial charge is 0.465 e. The lowest BCUT2D eigenvalue weighted by Crippen LogP contribution is -2.30. The molecule has 0 aromatic heterocycles. The number of carbonyl (C=O) groups is 1. The lowest BCUT2D eigenvalue weighted by molar-refractivity contribution is -0.144. The van der Waals surface area contributed by atoms with Crippen molar-refractivity contribution in [1.29, 1.82) is 0 Å². The molecule has 5 nitrogen and oxygen atoms in total. The van der Waals surface area contributed by atoms with Gasteiger partial charge in [0.2, 0.25) is 0 Å². The molecular formula is C11H23NO4S. The molecular weight excluding hydrogens is 242 g/mol. The molecule has 0 bridgehead atoms. The number of rotatable bonds is 8. The number of likely N-dealkylation sites (N-methyl/N-ethyl adjacent to an activating group) is 1. The molecule has 0 spiro atoms. The molecule has 0 radical (unpaired) electrons. The van der Waals surface area contributed by atoms with Gasteiger partial charge in [0, 0.05) is 0 Å². The van der Waals surface area contributed by atoms with E-state index in [0.717, 1.165) is 0 Å². The Hall–Kier alpha value is -0.620. The molecule has 0 unspecified atom stereocenters. The van der Waals surface area contributed by atoms with Crippen molar-refractivity contribution < 1.29 is 17.9 Å². The third-order valence-electron chi connectivity index (χ3n) is 2.39. The number of hydrogen-bond donors (Lipinski definition) is 0. The number of nitrogens with zero attached hydrogens (tertiary/aromatic N) is 1. The zero-order valence-electron chi connectivity index (χ0n) is 11.1. The van der Waals surface area contributed by atoms with Crippen LogP contribution in [0.15, 0.2) is 0 Å². The lowest BCUT2D eigenvalue weighted by Gasteiger charge is -2.15. The maximum atomic E-state index is 11.5. The van der Waals surface area contributed by atoms with Crippen LogP contribution in [0, 0.1) is 0 Å². The van der Waals surface area contributed by atoms with Gasteiger partial charge in [0.25, 0.3) is 0 Å². The van der Waals surface area contributed by atoms with E-state index in [1.165, 1.54) is 0 Å². The van der Waals surface area contributed by atoms with E-state index in [4.69, 9.17) is 4.74 Å². The fourth-order valence-corrected chi connectivity index (χ4v) is 2.28. The fourth-order valence-electron chi connectivity index (χ4n) is 1.28. The Morgan fingerprint density at radius 3 is 2.41 bits per heavy atom. The second-order valence-electron chi connectivity index (χ2n) is 4.31. The second kappa shape index (κ2) is 7.66. The summed E-state index contributed by atoms with van der Waals surface area (Å²) in [6, 6.07) is 0. The van der Waals surface area contributed by atoms with Gasteiger partial charge in [-0.2, -0.15) is 0 Å². The fraction of sp³-hybridized carbons (Fsp3) is 0.909. The summed E-state index contributed by atoms with van der Waals surface area (Å²) in [5.41, 5.74) is 0. The van der Waals surface area contributed by atoms with Gasteiger partial charge < -0.3 is 4.74 Å². The van der Waals surface area contributed by atoms with Crippen molar-refractivity contribution in [1.82, 2.24) is 4.90 Å². The van der Waals surface area contributed by atoms with Crippen LogP contribution in [0.3, 0.4) is 0 Å². The van der Waals surface area contributed by atoms with Crippen molar-refractivity contribution in [2.24, 2.45) is 0 Å². The zero-order chi connectivity index (χ0) is 13.5. The number of hydrogen-bond acceptors (Lipinski definition) is 5. The van der Waals surface area contributed by atoms with Crippen LogP contribution in [-0.4, -0.2) is 57.0 Å². The summed E-state index contributed by atoms with van der Waals surface area (Å²) in [7, 11) is -1.20. The summed E-state index contributed by atoms with van der Waals surface area (Å²) < 4.78 is 27.9. The van der Waals surface area contributed by atoms with Gasteiger partial charge in [0.1, 0.15) is 0 Å². The SMILES string of the molecule is CCOC(=O)CN(C)CCCS(=O)(=O)C(C)C. The highest BCUT2D eigenvalue weighted by Crippen LogP contribution is 2.03. The van der Waals surface area contributed by atoms with Gasteiger partial charge in [0.05, 0.1) is 24.2 Å². The number of ether oxygens (including phenoxy) is 1. The Labute approximate surface area is 104 Å². The van der Waals surface area contributed by atoms with Gasteiger partial charge >= 0.3 is 5.97 Å². The summed E-state index contributed by atoms with van der Waals surface area (Å²) in [6.07, 6.45) is 0.538. The Balaban J connectivity index is 3.86. The van der Waals surface area contributed by atoms with E-state index in [0.29, 0.717) is 19.6 Å². The van der Waals surface area contributed by atoms with Crippen molar-refractivity contribution in [3.8, 4) is 0 Å². The van der Waals surface area contributed by atoms with Gasteiger partial charge in [-0.05, 0) is 40.8 Å². The highest BCUT2D eigenvalue weighted by molar-refractivity contribution is 7.91. The maximum Gasteiger partial charge on any atom is 0.320 e. The van der Waals surface area contributed by atoms with Gasteiger partial charge in [-0.25, -0.2) is 8.42 Å². The van der Waals surface area contributed by atoms with E-state index in [-0.39, 0.29) is 23.5 Å². The van der Waals surface area contributed by atoms with E-state index >= 15 is 0 Å². The lowest BCUT2D eigenvalue weighted by atomic mass is 10.4. The summed E-state index contributed by atoms with van der Waals surface area (Å²) in [6.45, 7) is 6.26. The van der Waals surface area contributed by atoms with E-state index in [1.54, 1.807) is 32.7 Å². The van der Waals surface area contributed by atoms with E-state index in [1.807, 2.05) is 0 Å². The highest BCUT2D eigenvalue weighted by atomic mass is 32.2. The standard InChI is InChI=1S/C11H23NO4S/c1-5-16-11(13)9-12(4)7-6-8-17(14,15)10(2)3/h10H,5-9H2,1-4H3. The maximum absolute atomic E-state index is 11.5. The van der Waals surface area contributed by atoms with Gasteiger partial charge in [-0.15, -0.1) is 0 Å². The first-order valence-corrected chi connectivity index (χ1v) is 7.57. The molecule has 17 heavy (non-hydrogen) atoms. The predicted molar refractivity (Wildman–Crippen MR) is 67.7 cm³/mol. The summed E-state index contributed by atoms with van der Waals surface area (Å²) >= 11 is 0. The first-order chi connectivity index (χ1) is 7.79. The molecule has 0 saturated heterocycles. The zero-order valence-corrected chi connectivity index (χ0v) is 11.9. The average Bonchev–Trinajstić information content (AvgIpc) is 2.16. The predicted octanol–water partition coefficient (Wildman–Crippen LogP) is 0.695. The van der Waals surface area contributed by atoms with Crippen molar-refractivity contribution in [2.45, 2.75) is 32.4 Å². The molecule has 0 aliphatic carbocycles. The summed E-state index contributed by atoms with van der Waals surface area (Å²) in [5.74, 6) is -0.112. The average molecular weight is 265 g/mol. The summed E-state index contributed by atoms with van der Waals surface area (Å²) in [4.78, 5) is 12.9. The molecule has 0 rings (SSSR count). The van der Waals surface area contributed by atoms with Crippen molar-refractivity contribution in [3.63, 3.8) is 0 Å². The minimum Gasteiger partial charge on any atom is -0.465 e. The summed E-state index contributed by atoms with van der Waals surface area (Å²) in [5, 5.41) is -0.335. The van der Waals surface area contributed by atoms with Crippen molar-refractivity contribution in [2.75, 3.05) is 32.5 Å². The molecule has 0 saturated carbocycles. The monoisotopic (exact) mass is 265 g/mol.